The third-order valence-corrected chi connectivity index (χ3v) is 11.9. The van der Waals surface area contributed by atoms with Crippen molar-refractivity contribution in [1.82, 2.24) is 21.3 Å². The molecule has 0 radical (unpaired) electrons. The van der Waals surface area contributed by atoms with Gasteiger partial charge in [-0.3, -0.25) is 19.2 Å². The number of rotatable bonds is 16. The molecule has 8 heteroatoms. The van der Waals surface area contributed by atoms with E-state index >= 15 is 0 Å². The molecule has 8 nitrogen and oxygen atoms in total. The van der Waals surface area contributed by atoms with E-state index in [0.29, 0.717) is 48.4 Å². The first-order valence-corrected chi connectivity index (χ1v) is 22.6. The van der Waals surface area contributed by atoms with Crippen LogP contribution in [0.3, 0.4) is 0 Å². The molecule has 0 spiro atoms. The Hall–Kier alpha value is -7.32. The number of benzene rings is 8. The fraction of sp³-hybridized carbons (Fsp3) is 0.214. The first-order chi connectivity index (χ1) is 31.2. The molecule has 0 heterocycles. The zero-order chi connectivity index (χ0) is 44.7. The molecule has 0 aliphatic rings. The second-order valence-electron chi connectivity index (χ2n) is 16.3. The average Bonchev–Trinajstić information content (AvgIpc) is 3.34. The summed E-state index contributed by atoms with van der Waals surface area (Å²) in [6, 6.07) is 44.5. The number of amides is 4. The lowest BCUT2D eigenvalue weighted by Gasteiger charge is -2.22. The van der Waals surface area contributed by atoms with Crippen molar-refractivity contribution in [2.24, 2.45) is 0 Å². The van der Waals surface area contributed by atoms with Gasteiger partial charge in [-0.2, -0.15) is 0 Å². The smallest absolute Gasteiger partial charge is 0.251 e. The van der Waals surface area contributed by atoms with Crippen LogP contribution in [0.4, 0.5) is 0 Å². The summed E-state index contributed by atoms with van der Waals surface area (Å²) < 4.78 is 0. The SMILES string of the molecule is CCCNC(=O)c1ccc(-c2cc(-c3ccc(C(=O)NCCC)cc3)c3ccc4c(-c5ccc(C(=O)NCCC)cc5)cc(-c5ccc(C(=O)NCCC)cc5)c5ccc2c3c54)cc1. The molecule has 0 aliphatic carbocycles. The van der Waals surface area contributed by atoms with Crippen molar-refractivity contribution in [2.45, 2.75) is 53.4 Å². The molecule has 0 unspecified atom stereocenters. The van der Waals surface area contributed by atoms with Crippen molar-refractivity contribution in [2.75, 3.05) is 26.2 Å². The van der Waals surface area contributed by atoms with Gasteiger partial charge in [-0.25, -0.2) is 0 Å². The molecule has 322 valence electrons. The standard InChI is InChI=1S/C56H54N4O4/c1-5-29-57-53(61)39-17-9-35(10-18-39)47-33-48(36-11-19-40(20-12-36)54(62)58-30-6-2)44-27-28-46-50(38-15-23-42(24-16-38)56(64)60-32-8-4)34-49(45-26-25-43(47)51(44)52(45)46)37-13-21-41(22-14-37)55(63)59-31-7-3/h9-28,33-34H,5-8,29-32H2,1-4H3,(H,57,61)(H,58,62)(H,59,63)(H,60,64). The molecule has 0 aromatic heterocycles. The Morgan fingerprint density at radius 2 is 0.516 bits per heavy atom. The Morgan fingerprint density at radius 1 is 0.312 bits per heavy atom. The molecule has 4 N–H and O–H groups in total. The minimum absolute atomic E-state index is 0.100. The third kappa shape index (κ3) is 8.69. The lowest BCUT2D eigenvalue weighted by Crippen LogP contribution is -2.23. The van der Waals surface area contributed by atoms with Gasteiger partial charge in [0.25, 0.3) is 23.6 Å². The molecule has 4 amide bonds. The van der Waals surface area contributed by atoms with Gasteiger partial charge in [-0.1, -0.05) is 100 Å². The number of hydrogen-bond donors (Lipinski definition) is 4. The van der Waals surface area contributed by atoms with Crippen molar-refractivity contribution in [1.29, 1.82) is 0 Å². The predicted octanol–water partition coefficient (Wildman–Crippen LogP) is 11.8. The molecular weight excluding hydrogens is 793 g/mol. The van der Waals surface area contributed by atoms with Gasteiger partial charge in [0.05, 0.1) is 0 Å². The molecule has 8 aromatic rings. The fourth-order valence-electron chi connectivity index (χ4n) is 8.52. The van der Waals surface area contributed by atoms with E-state index in [2.05, 4.69) is 57.7 Å². The molecule has 0 fully saturated rings. The molecular formula is C56H54N4O4. The Bertz CT molecular complexity index is 2570. The Balaban J connectivity index is 1.38. The highest BCUT2D eigenvalue weighted by atomic mass is 16.2. The lowest BCUT2D eigenvalue weighted by atomic mass is 9.81. The number of hydrogen-bond acceptors (Lipinski definition) is 4. The van der Waals surface area contributed by atoms with Gasteiger partial charge in [0.2, 0.25) is 0 Å². The minimum Gasteiger partial charge on any atom is -0.352 e. The number of carbonyl (C=O) groups is 4. The predicted molar refractivity (Wildman–Crippen MR) is 262 cm³/mol. The van der Waals surface area contributed by atoms with Crippen molar-refractivity contribution in [3.63, 3.8) is 0 Å². The van der Waals surface area contributed by atoms with Gasteiger partial charge in [-0.15, -0.1) is 0 Å². The van der Waals surface area contributed by atoms with Crippen LogP contribution in [0.5, 0.6) is 0 Å². The van der Waals surface area contributed by atoms with Gasteiger partial charge < -0.3 is 21.3 Å². The summed E-state index contributed by atoms with van der Waals surface area (Å²) in [6.45, 7) is 10.6. The normalized spacial score (nSPS) is 11.2. The fourth-order valence-corrected chi connectivity index (χ4v) is 8.52. The first kappa shape index (κ1) is 43.3. The molecule has 0 bridgehead atoms. The maximum atomic E-state index is 13.0. The van der Waals surface area contributed by atoms with Crippen LogP contribution in [0.1, 0.15) is 94.8 Å². The van der Waals surface area contributed by atoms with Crippen LogP contribution in [0.25, 0.3) is 76.8 Å². The van der Waals surface area contributed by atoms with Crippen LogP contribution in [-0.2, 0) is 0 Å². The largest absolute Gasteiger partial charge is 0.352 e. The molecule has 0 saturated carbocycles. The summed E-state index contributed by atoms with van der Waals surface area (Å²) in [5, 5.41) is 18.4. The van der Waals surface area contributed by atoms with Gasteiger partial charge in [0.15, 0.2) is 0 Å². The van der Waals surface area contributed by atoms with Crippen molar-refractivity contribution in [3.8, 4) is 44.5 Å². The first-order valence-electron chi connectivity index (χ1n) is 22.6. The van der Waals surface area contributed by atoms with E-state index in [1.165, 1.54) is 0 Å². The highest BCUT2D eigenvalue weighted by Gasteiger charge is 2.22. The molecule has 8 rings (SSSR count). The minimum atomic E-state index is -0.100. The van der Waals surface area contributed by atoms with Gasteiger partial charge in [-0.05, 0) is 163 Å². The summed E-state index contributed by atoms with van der Waals surface area (Å²) in [7, 11) is 0. The zero-order valence-electron chi connectivity index (χ0n) is 37.0. The maximum Gasteiger partial charge on any atom is 0.251 e. The summed E-state index contributed by atoms with van der Waals surface area (Å²) in [6.07, 6.45) is 3.41. The van der Waals surface area contributed by atoms with Crippen LogP contribution in [0, 0.1) is 0 Å². The Morgan fingerprint density at radius 3 is 0.703 bits per heavy atom. The van der Waals surface area contributed by atoms with Crippen molar-refractivity contribution < 1.29 is 19.2 Å². The van der Waals surface area contributed by atoms with Crippen LogP contribution in [-0.4, -0.2) is 49.8 Å². The third-order valence-electron chi connectivity index (χ3n) is 11.9. The summed E-state index contributed by atoms with van der Waals surface area (Å²) in [5.74, 6) is -0.401. The molecule has 0 atom stereocenters. The van der Waals surface area contributed by atoms with Crippen LogP contribution >= 0.6 is 0 Å². The Kier molecular flexibility index (Phi) is 13.1. The number of nitrogens with one attached hydrogen (secondary N) is 4. The summed E-state index contributed by atoms with van der Waals surface area (Å²) in [5.41, 5.74) is 10.3. The molecule has 64 heavy (non-hydrogen) atoms. The van der Waals surface area contributed by atoms with Gasteiger partial charge in [0.1, 0.15) is 0 Å². The van der Waals surface area contributed by atoms with Gasteiger partial charge in [0, 0.05) is 48.4 Å². The second kappa shape index (κ2) is 19.4. The van der Waals surface area contributed by atoms with E-state index in [0.717, 1.165) is 103 Å². The summed E-state index contributed by atoms with van der Waals surface area (Å²) in [4.78, 5) is 51.9. The maximum absolute atomic E-state index is 13.0. The number of carbonyl (C=O) groups excluding carboxylic acids is 4. The zero-order valence-corrected chi connectivity index (χ0v) is 37.0. The average molecular weight is 847 g/mol. The monoisotopic (exact) mass is 846 g/mol. The lowest BCUT2D eigenvalue weighted by molar-refractivity contribution is 0.0945. The Labute approximate surface area is 374 Å². The molecule has 0 aliphatic heterocycles. The van der Waals surface area contributed by atoms with Crippen molar-refractivity contribution >= 4 is 55.9 Å². The van der Waals surface area contributed by atoms with E-state index in [1.807, 2.05) is 125 Å². The van der Waals surface area contributed by atoms with Gasteiger partial charge >= 0.3 is 0 Å². The van der Waals surface area contributed by atoms with E-state index < -0.39 is 0 Å². The highest BCUT2D eigenvalue weighted by Crippen LogP contribution is 2.48. The molecule has 0 saturated heterocycles. The van der Waals surface area contributed by atoms with E-state index in [9.17, 15) is 19.2 Å². The van der Waals surface area contributed by atoms with Crippen LogP contribution in [0.15, 0.2) is 133 Å². The van der Waals surface area contributed by atoms with E-state index in [-0.39, 0.29) is 23.6 Å². The van der Waals surface area contributed by atoms with E-state index in [1.54, 1.807) is 0 Å². The summed E-state index contributed by atoms with van der Waals surface area (Å²) >= 11 is 0. The quantitative estimate of drug-likeness (QED) is 0.0725. The van der Waals surface area contributed by atoms with Crippen molar-refractivity contribution in [3.05, 3.63) is 156 Å². The topological polar surface area (TPSA) is 116 Å². The van der Waals surface area contributed by atoms with Crippen LogP contribution < -0.4 is 21.3 Å². The van der Waals surface area contributed by atoms with E-state index in [4.69, 9.17) is 0 Å². The second-order valence-corrected chi connectivity index (χ2v) is 16.3. The highest BCUT2D eigenvalue weighted by molar-refractivity contribution is 6.32. The molecule has 8 aromatic carbocycles. The van der Waals surface area contributed by atoms with Crippen LogP contribution in [0.2, 0.25) is 0 Å².